The fraction of sp³-hybridized carbons (Fsp3) is 0.111. The first-order chi connectivity index (χ1) is 6.29. The Kier molecular flexibility index (Phi) is 2.06. The summed E-state index contributed by atoms with van der Waals surface area (Å²) in [5, 5.41) is 8.41. The number of hydrogen-bond donors (Lipinski definition) is 1. The average Bonchev–Trinajstić information content (AvgIpc) is 2.48. The summed E-state index contributed by atoms with van der Waals surface area (Å²) >= 11 is 4.24. The molecule has 0 amide bonds. The molecule has 2 rings (SSSR count). The van der Waals surface area contributed by atoms with Crippen molar-refractivity contribution in [2.24, 2.45) is 7.05 Å². The second kappa shape index (κ2) is 3.22. The molecule has 1 heterocycles. The zero-order valence-corrected chi connectivity index (χ0v) is 8.07. The van der Waals surface area contributed by atoms with Gasteiger partial charge in [-0.15, -0.1) is 17.7 Å². The molecule has 0 saturated carbocycles. The second-order valence-electron chi connectivity index (χ2n) is 2.75. The number of rotatable bonds is 1. The van der Waals surface area contributed by atoms with Crippen LogP contribution in [0.4, 0.5) is 0 Å². The summed E-state index contributed by atoms with van der Waals surface area (Å²) in [6.07, 6.45) is 0. The minimum atomic E-state index is 0.661. The van der Waals surface area contributed by atoms with Gasteiger partial charge in [0, 0.05) is 12.6 Å². The van der Waals surface area contributed by atoms with Crippen molar-refractivity contribution >= 4 is 12.6 Å². The van der Waals surface area contributed by atoms with Crippen LogP contribution in [0.15, 0.2) is 35.4 Å². The van der Waals surface area contributed by atoms with Crippen LogP contribution in [-0.4, -0.2) is 15.0 Å². The van der Waals surface area contributed by atoms with Gasteiger partial charge >= 0.3 is 0 Å². The number of nitrogens with zero attached hydrogens (tertiary/aromatic N) is 3. The van der Waals surface area contributed by atoms with Crippen LogP contribution in [-0.2, 0) is 7.05 Å². The highest BCUT2D eigenvalue weighted by Crippen LogP contribution is 2.22. The molecule has 13 heavy (non-hydrogen) atoms. The second-order valence-corrected chi connectivity index (χ2v) is 3.17. The van der Waals surface area contributed by atoms with Gasteiger partial charge in [-0.3, -0.25) is 0 Å². The van der Waals surface area contributed by atoms with Gasteiger partial charge in [0.25, 0.3) is 0 Å². The maximum atomic E-state index is 4.24. The minimum absolute atomic E-state index is 0.661. The lowest BCUT2D eigenvalue weighted by Gasteiger charge is -2.00. The Morgan fingerprint density at radius 1 is 1.23 bits per heavy atom. The average molecular weight is 191 g/mol. The molecule has 1 aromatic heterocycles. The quantitative estimate of drug-likeness (QED) is 0.696. The number of aryl methyl sites for hydroxylation is 1. The largest absolute Gasteiger partial charge is 0.247 e. The molecule has 3 nitrogen and oxygen atoms in total. The van der Waals surface area contributed by atoms with Crippen molar-refractivity contribution in [3.05, 3.63) is 30.3 Å². The van der Waals surface area contributed by atoms with E-state index in [0.29, 0.717) is 5.03 Å². The third-order valence-electron chi connectivity index (χ3n) is 1.86. The van der Waals surface area contributed by atoms with E-state index < -0.39 is 0 Å². The van der Waals surface area contributed by atoms with Gasteiger partial charge in [-0.05, 0) is 0 Å². The highest BCUT2D eigenvalue weighted by atomic mass is 32.1. The van der Waals surface area contributed by atoms with E-state index in [-0.39, 0.29) is 0 Å². The molecule has 0 spiro atoms. The Morgan fingerprint density at radius 3 is 2.46 bits per heavy atom. The lowest BCUT2D eigenvalue weighted by Crippen LogP contribution is -1.93. The fourth-order valence-corrected chi connectivity index (χ4v) is 1.57. The van der Waals surface area contributed by atoms with E-state index in [4.69, 9.17) is 0 Å². The molecule has 66 valence electrons. The zero-order chi connectivity index (χ0) is 9.26. The molecule has 0 saturated heterocycles. The van der Waals surface area contributed by atoms with E-state index in [0.717, 1.165) is 11.3 Å². The summed E-state index contributed by atoms with van der Waals surface area (Å²) in [6.45, 7) is 0. The molecule has 4 heteroatoms. The Balaban J connectivity index is 2.59. The first kappa shape index (κ1) is 8.31. The maximum Gasteiger partial charge on any atom is 0.143 e. The summed E-state index contributed by atoms with van der Waals surface area (Å²) < 4.78 is 1.72. The molecule has 0 atom stereocenters. The van der Waals surface area contributed by atoms with Gasteiger partial charge < -0.3 is 0 Å². The highest BCUT2D eigenvalue weighted by Gasteiger charge is 2.08. The summed E-state index contributed by atoms with van der Waals surface area (Å²) in [6, 6.07) is 9.97. The molecule has 0 radical (unpaired) electrons. The SMILES string of the molecule is Cn1nnc(S)c1-c1ccccc1. The zero-order valence-electron chi connectivity index (χ0n) is 7.18. The van der Waals surface area contributed by atoms with Crippen molar-refractivity contribution in [3.8, 4) is 11.3 Å². The fourth-order valence-electron chi connectivity index (χ4n) is 1.26. The Bertz CT molecular complexity index is 389. The van der Waals surface area contributed by atoms with Crippen molar-refractivity contribution in [2.45, 2.75) is 5.03 Å². The lowest BCUT2D eigenvalue weighted by atomic mass is 10.2. The van der Waals surface area contributed by atoms with Crippen LogP contribution in [0.2, 0.25) is 0 Å². The summed E-state index contributed by atoms with van der Waals surface area (Å²) in [5.41, 5.74) is 2.03. The van der Waals surface area contributed by atoms with Crippen molar-refractivity contribution < 1.29 is 0 Å². The first-order valence-corrected chi connectivity index (χ1v) is 4.38. The van der Waals surface area contributed by atoms with Crippen LogP contribution in [0, 0.1) is 0 Å². The van der Waals surface area contributed by atoms with Crippen LogP contribution >= 0.6 is 12.6 Å². The van der Waals surface area contributed by atoms with E-state index in [9.17, 15) is 0 Å². The Labute approximate surface area is 81.8 Å². The molecule has 0 aliphatic heterocycles. The molecule has 0 aliphatic carbocycles. The Morgan fingerprint density at radius 2 is 1.92 bits per heavy atom. The number of benzene rings is 1. The summed E-state index contributed by atoms with van der Waals surface area (Å²) in [4.78, 5) is 0. The van der Waals surface area contributed by atoms with Gasteiger partial charge in [0.2, 0.25) is 0 Å². The Hall–Kier alpha value is -1.29. The van der Waals surface area contributed by atoms with E-state index >= 15 is 0 Å². The molecule has 2 aromatic rings. The predicted molar refractivity (Wildman–Crippen MR) is 53.7 cm³/mol. The van der Waals surface area contributed by atoms with Crippen LogP contribution < -0.4 is 0 Å². The van der Waals surface area contributed by atoms with Crippen LogP contribution in [0.5, 0.6) is 0 Å². The smallest absolute Gasteiger partial charge is 0.143 e. The van der Waals surface area contributed by atoms with Crippen molar-refractivity contribution in [1.82, 2.24) is 15.0 Å². The number of aromatic nitrogens is 3. The van der Waals surface area contributed by atoms with Gasteiger partial charge in [0.1, 0.15) is 10.7 Å². The molecule has 0 unspecified atom stereocenters. The summed E-state index contributed by atoms with van der Waals surface area (Å²) in [7, 11) is 1.86. The predicted octanol–water partition coefficient (Wildman–Crippen LogP) is 1.77. The standard InChI is InChI=1S/C9H9N3S/c1-12-8(9(13)10-11-12)7-5-3-2-4-6-7/h2-6,13H,1H3. The summed E-state index contributed by atoms with van der Waals surface area (Å²) in [5.74, 6) is 0. The molecule has 1 aromatic carbocycles. The third kappa shape index (κ3) is 1.45. The molecular weight excluding hydrogens is 182 g/mol. The van der Waals surface area contributed by atoms with Gasteiger partial charge in [-0.1, -0.05) is 35.5 Å². The number of hydrogen-bond acceptors (Lipinski definition) is 3. The molecular formula is C9H9N3S. The van der Waals surface area contributed by atoms with Gasteiger partial charge in [-0.25, -0.2) is 4.68 Å². The van der Waals surface area contributed by atoms with E-state index in [1.807, 2.05) is 37.4 Å². The third-order valence-corrected chi connectivity index (χ3v) is 2.16. The monoisotopic (exact) mass is 191 g/mol. The molecule has 0 bridgehead atoms. The van der Waals surface area contributed by atoms with Crippen molar-refractivity contribution in [1.29, 1.82) is 0 Å². The van der Waals surface area contributed by atoms with Crippen LogP contribution in [0.1, 0.15) is 0 Å². The normalized spacial score (nSPS) is 10.3. The van der Waals surface area contributed by atoms with E-state index in [1.54, 1.807) is 4.68 Å². The maximum absolute atomic E-state index is 4.24. The minimum Gasteiger partial charge on any atom is -0.247 e. The first-order valence-electron chi connectivity index (χ1n) is 3.93. The van der Waals surface area contributed by atoms with Crippen molar-refractivity contribution in [2.75, 3.05) is 0 Å². The van der Waals surface area contributed by atoms with Crippen LogP contribution in [0.3, 0.4) is 0 Å². The molecule has 0 aliphatic rings. The van der Waals surface area contributed by atoms with Crippen molar-refractivity contribution in [3.63, 3.8) is 0 Å². The van der Waals surface area contributed by atoms with E-state index in [2.05, 4.69) is 22.9 Å². The van der Waals surface area contributed by atoms with E-state index in [1.165, 1.54) is 0 Å². The topological polar surface area (TPSA) is 30.7 Å². The molecule has 0 N–H and O–H groups in total. The van der Waals surface area contributed by atoms with Gasteiger partial charge in [-0.2, -0.15) is 0 Å². The number of thiol groups is 1. The van der Waals surface area contributed by atoms with Gasteiger partial charge in [0.15, 0.2) is 0 Å². The molecule has 0 fully saturated rings. The highest BCUT2D eigenvalue weighted by molar-refractivity contribution is 7.80. The lowest BCUT2D eigenvalue weighted by molar-refractivity contribution is 0.718. The van der Waals surface area contributed by atoms with Crippen LogP contribution in [0.25, 0.3) is 11.3 Å². The van der Waals surface area contributed by atoms with Gasteiger partial charge in [0.05, 0.1) is 0 Å².